The van der Waals surface area contributed by atoms with Gasteiger partial charge in [0.05, 0.1) is 6.54 Å². The van der Waals surface area contributed by atoms with Crippen LogP contribution < -0.4 is 0 Å². The molecule has 2 fully saturated rings. The van der Waals surface area contributed by atoms with Crippen LogP contribution in [0.1, 0.15) is 25.7 Å². The molecule has 0 spiro atoms. The van der Waals surface area contributed by atoms with Gasteiger partial charge in [0.1, 0.15) is 0 Å². The number of carboxylic acids is 1. The molecular weight excluding hydrogens is 204 g/mol. The Labute approximate surface area is 97.2 Å². The van der Waals surface area contributed by atoms with Gasteiger partial charge >= 0.3 is 5.97 Å². The van der Waals surface area contributed by atoms with Gasteiger partial charge in [0.25, 0.3) is 0 Å². The molecule has 1 heterocycles. The number of nitrogens with zero attached hydrogens (tertiary/aromatic N) is 2. The van der Waals surface area contributed by atoms with E-state index in [4.69, 9.17) is 5.11 Å². The molecule has 0 aromatic heterocycles. The number of aliphatic carboxylic acids is 1. The Morgan fingerprint density at radius 3 is 2.44 bits per heavy atom. The third kappa shape index (κ3) is 3.46. The molecule has 0 unspecified atom stereocenters. The second-order valence-electron chi connectivity index (χ2n) is 5.30. The molecule has 0 amide bonds. The van der Waals surface area contributed by atoms with Crippen LogP contribution in [0.4, 0.5) is 0 Å². The van der Waals surface area contributed by atoms with Gasteiger partial charge < -0.3 is 10.0 Å². The lowest BCUT2D eigenvalue weighted by atomic mass is 9.96. The van der Waals surface area contributed by atoms with E-state index in [1.807, 2.05) is 0 Å². The van der Waals surface area contributed by atoms with Crippen molar-refractivity contribution in [1.29, 1.82) is 0 Å². The summed E-state index contributed by atoms with van der Waals surface area (Å²) >= 11 is 0. The van der Waals surface area contributed by atoms with E-state index in [1.54, 1.807) is 0 Å². The Bertz CT molecular complexity index is 245. The van der Waals surface area contributed by atoms with E-state index < -0.39 is 5.97 Å². The lowest BCUT2D eigenvalue weighted by Crippen LogP contribution is -2.40. The quantitative estimate of drug-likeness (QED) is 0.755. The van der Waals surface area contributed by atoms with Crippen molar-refractivity contribution in [3.8, 4) is 0 Å². The van der Waals surface area contributed by atoms with E-state index >= 15 is 0 Å². The fourth-order valence-corrected chi connectivity index (χ4v) is 2.53. The van der Waals surface area contributed by atoms with Crippen LogP contribution in [0.25, 0.3) is 0 Å². The van der Waals surface area contributed by atoms with Crippen molar-refractivity contribution in [2.24, 2.45) is 5.92 Å². The van der Waals surface area contributed by atoms with Gasteiger partial charge in [-0.25, -0.2) is 0 Å². The first-order valence-electron chi connectivity index (χ1n) is 6.29. The second-order valence-corrected chi connectivity index (χ2v) is 5.30. The van der Waals surface area contributed by atoms with Gasteiger partial charge in [-0.2, -0.15) is 0 Å². The molecule has 1 saturated heterocycles. The number of hydrogen-bond donors (Lipinski definition) is 1. The minimum Gasteiger partial charge on any atom is -0.480 e. The summed E-state index contributed by atoms with van der Waals surface area (Å²) in [6.07, 6.45) is 4.83. The summed E-state index contributed by atoms with van der Waals surface area (Å²) in [6, 6.07) is 0.566. The lowest BCUT2D eigenvalue weighted by molar-refractivity contribution is -0.138. The molecule has 1 aliphatic carbocycles. The van der Waals surface area contributed by atoms with Gasteiger partial charge in [0.15, 0.2) is 0 Å². The van der Waals surface area contributed by atoms with Crippen LogP contribution in [-0.2, 0) is 4.79 Å². The largest absolute Gasteiger partial charge is 0.480 e. The predicted molar refractivity (Wildman–Crippen MR) is 62.5 cm³/mol. The van der Waals surface area contributed by atoms with E-state index in [-0.39, 0.29) is 6.54 Å². The third-order valence-electron chi connectivity index (χ3n) is 3.73. The molecule has 4 heteroatoms. The monoisotopic (exact) mass is 226 g/mol. The SMILES string of the molecule is CN1CCC(CN(CC(=O)O)C2CC2)CC1. The normalized spacial score (nSPS) is 23.9. The standard InChI is InChI=1S/C12H22N2O2/c1-13-6-4-10(5-7-13)8-14(9-12(15)16)11-2-3-11/h10-11H,2-9H2,1H3,(H,15,16). The van der Waals surface area contributed by atoms with E-state index in [2.05, 4.69) is 16.8 Å². The second kappa shape index (κ2) is 5.15. The Hall–Kier alpha value is -0.610. The molecule has 1 N–H and O–H groups in total. The lowest BCUT2D eigenvalue weighted by Gasteiger charge is -2.32. The van der Waals surface area contributed by atoms with Gasteiger partial charge in [0.2, 0.25) is 0 Å². The average Bonchev–Trinajstić information content (AvgIpc) is 3.03. The summed E-state index contributed by atoms with van der Waals surface area (Å²) in [6.45, 7) is 3.55. The minimum absolute atomic E-state index is 0.233. The molecule has 0 aromatic rings. The fourth-order valence-electron chi connectivity index (χ4n) is 2.53. The molecule has 0 atom stereocenters. The van der Waals surface area contributed by atoms with Crippen LogP contribution in [0.15, 0.2) is 0 Å². The van der Waals surface area contributed by atoms with Crippen LogP contribution in [0.3, 0.4) is 0 Å². The molecule has 16 heavy (non-hydrogen) atoms. The van der Waals surface area contributed by atoms with E-state index in [9.17, 15) is 4.79 Å². The van der Waals surface area contributed by atoms with Gasteiger partial charge in [-0.3, -0.25) is 9.69 Å². The maximum Gasteiger partial charge on any atom is 0.317 e. The number of carbonyl (C=O) groups is 1. The van der Waals surface area contributed by atoms with Crippen molar-refractivity contribution in [3.63, 3.8) is 0 Å². The topological polar surface area (TPSA) is 43.8 Å². The van der Waals surface area contributed by atoms with Crippen LogP contribution in [0, 0.1) is 5.92 Å². The van der Waals surface area contributed by atoms with E-state index in [0.717, 1.165) is 19.6 Å². The fraction of sp³-hybridized carbons (Fsp3) is 0.917. The highest BCUT2D eigenvalue weighted by molar-refractivity contribution is 5.69. The number of piperidine rings is 1. The van der Waals surface area contributed by atoms with Crippen molar-refractivity contribution in [1.82, 2.24) is 9.80 Å². The van der Waals surface area contributed by atoms with Gasteiger partial charge in [-0.05, 0) is 51.7 Å². The number of rotatable bonds is 5. The maximum atomic E-state index is 10.8. The zero-order chi connectivity index (χ0) is 11.5. The average molecular weight is 226 g/mol. The number of hydrogen-bond acceptors (Lipinski definition) is 3. The zero-order valence-corrected chi connectivity index (χ0v) is 10.1. The number of carboxylic acid groups (broad SMARTS) is 1. The summed E-state index contributed by atoms with van der Waals surface area (Å²) in [7, 11) is 2.16. The first kappa shape index (κ1) is 11.9. The Kier molecular flexibility index (Phi) is 3.82. The highest BCUT2D eigenvalue weighted by Gasteiger charge is 2.32. The predicted octanol–water partition coefficient (Wildman–Crippen LogP) is 0.877. The van der Waals surface area contributed by atoms with Crippen molar-refractivity contribution >= 4 is 5.97 Å². The van der Waals surface area contributed by atoms with Gasteiger partial charge in [-0.15, -0.1) is 0 Å². The highest BCUT2D eigenvalue weighted by atomic mass is 16.4. The summed E-state index contributed by atoms with van der Waals surface area (Å²) < 4.78 is 0. The minimum atomic E-state index is -0.681. The van der Waals surface area contributed by atoms with Crippen LogP contribution in [0.2, 0.25) is 0 Å². The van der Waals surface area contributed by atoms with Crippen molar-refractivity contribution in [2.75, 3.05) is 33.2 Å². The first-order valence-corrected chi connectivity index (χ1v) is 6.29. The smallest absolute Gasteiger partial charge is 0.317 e. The molecule has 2 rings (SSSR count). The van der Waals surface area contributed by atoms with Crippen molar-refractivity contribution < 1.29 is 9.90 Å². The summed E-state index contributed by atoms with van der Waals surface area (Å²) in [5.74, 6) is 0.0241. The molecular formula is C12H22N2O2. The summed E-state index contributed by atoms with van der Waals surface area (Å²) in [5.41, 5.74) is 0. The van der Waals surface area contributed by atoms with Gasteiger partial charge in [0, 0.05) is 12.6 Å². The molecule has 0 aromatic carbocycles. The first-order chi connectivity index (χ1) is 7.65. The maximum absolute atomic E-state index is 10.8. The molecule has 92 valence electrons. The van der Waals surface area contributed by atoms with Crippen LogP contribution in [-0.4, -0.2) is 60.1 Å². The number of likely N-dealkylation sites (tertiary alicyclic amines) is 1. The summed E-state index contributed by atoms with van der Waals surface area (Å²) in [4.78, 5) is 15.3. The molecule has 1 saturated carbocycles. The molecule has 4 nitrogen and oxygen atoms in total. The van der Waals surface area contributed by atoms with Crippen molar-refractivity contribution in [2.45, 2.75) is 31.7 Å². The molecule has 1 aliphatic heterocycles. The van der Waals surface area contributed by atoms with Crippen LogP contribution in [0.5, 0.6) is 0 Å². The summed E-state index contributed by atoms with van der Waals surface area (Å²) in [5, 5.41) is 8.88. The Morgan fingerprint density at radius 2 is 1.94 bits per heavy atom. The molecule has 0 bridgehead atoms. The van der Waals surface area contributed by atoms with Crippen LogP contribution >= 0.6 is 0 Å². The molecule has 2 aliphatic rings. The third-order valence-corrected chi connectivity index (χ3v) is 3.73. The zero-order valence-electron chi connectivity index (χ0n) is 10.1. The van der Waals surface area contributed by atoms with E-state index in [0.29, 0.717) is 12.0 Å². The molecule has 0 radical (unpaired) electrons. The Balaban J connectivity index is 1.78. The highest BCUT2D eigenvalue weighted by Crippen LogP contribution is 2.29. The Morgan fingerprint density at radius 1 is 1.31 bits per heavy atom. The van der Waals surface area contributed by atoms with Gasteiger partial charge in [-0.1, -0.05) is 0 Å². The van der Waals surface area contributed by atoms with E-state index in [1.165, 1.54) is 25.7 Å². The van der Waals surface area contributed by atoms with Crippen molar-refractivity contribution in [3.05, 3.63) is 0 Å².